The van der Waals surface area contributed by atoms with E-state index < -0.39 is 0 Å². The number of hydrogen-bond acceptors (Lipinski definition) is 4. The minimum Gasteiger partial charge on any atom is -0.381 e. The van der Waals surface area contributed by atoms with Crippen LogP contribution in [0.25, 0.3) is 11.2 Å². The van der Waals surface area contributed by atoms with Gasteiger partial charge in [0.2, 0.25) is 5.28 Å². The van der Waals surface area contributed by atoms with E-state index in [1.54, 1.807) is 6.33 Å². The van der Waals surface area contributed by atoms with E-state index in [4.69, 9.17) is 27.9 Å². The first kappa shape index (κ1) is 11.2. The Morgan fingerprint density at radius 1 is 1.41 bits per heavy atom. The SMILES string of the molecule is Clc1nc(Cl)c2ncn(CC3CCOC3)c2n1. The van der Waals surface area contributed by atoms with Gasteiger partial charge >= 0.3 is 0 Å². The summed E-state index contributed by atoms with van der Waals surface area (Å²) in [7, 11) is 0. The van der Waals surface area contributed by atoms with Crippen molar-refractivity contribution in [1.82, 2.24) is 19.5 Å². The van der Waals surface area contributed by atoms with Gasteiger partial charge < -0.3 is 9.30 Å². The predicted molar refractivity (Wildman–Crippen MR) is 64.3 cm³/mol. The third kappa shape index (κ3) is 2.10. The molecule has 5 nitrogen and oxygen atoms in total. The molecule has 0 bridgehead atoms. The lowest BCUT2D eigenvalue weighted by molar-refractivity contribution is 0.182. The molecule has 0 aromatic carbocycles. The summed E-state index contributed by atoms with van der Waals surface area (Å²) in [5.41, 5.74) is 1.27. The van der Waals surface area contributed by atoms with Crippen LogP contribution in [-0.4, -0.2) is 32.7 Å². The quantitative estimate of drug-likeness (QED) is 0.621. The van der Waals surface area contributed by atoms with Crippen molar-refractivity contribution in [1.29, 1.82) is 0 Å². The monoisotopic (exact) mass is 272 g/mol. The third-order valence-electron chi connectivity index (χ3n) is 2.87. The lowest BCUT2D eigenvalue weighted by Crippen LogP contribution is -2.10. The summed E-state index contributed by atoms with van der Waals surface area (Å²) >= 11 is 11.8. The zero-order valence-corrected chi connectivity index (χ0v) is 10.4. The average molecular weight is 273 g/mol. The molecule has 1 unspecified atom stereocenters. The van der Waals surface area contributed by atoms with Crippen molar-refractivity contribution in [3.05, 3.63) is 16.8 Å². The summed E-state index contributed by atoms with van der Waals surface area (Å²) in [4.78, 5) is 12.2. The van der Waals surface area contributed by atoms with Gasteiger partial charge in [-0.3, -0.25) is 0 Å². The molecule has 0 aliphatic carbocycles. The van der Waals surface area contributed by atoms with Crippen LogP contribution in [0.2, 0.25) is 10.4 Å². The normalized spacial score (nSPS) is 20.2. The summed E-state index contributed by atoms with van der Waals surface area (Å²) < 4.78 is 7.30. The van der Waals surface area contributed by atoms with Gasteiger partial charge in [-0.15, -0.1) is 0 Å². The third-order valence-corrected chi connectivity index (χ3v) is 3.31. The largest absolute Gasteiger partial charge is 0.381 e. The smallest absolute Gasteiger partial charge is 0.225 e. The zero-order valence-electron chi connectivity index (χ0n) is 8.94. The van der Waals surface area contributed by atoms with Gasteiger partial charge in [0.15, 0.2) is 10.8 Å². The van der Waals surface area contributed by atoms with E-state index in [1.165, 1.54) is 0 Å². The first-order chi connectivity index (χ1) is 8.24. The van der Waals surface area contributed by atoms with Gasteiger partial charge in [0.05, 0.1) is 12.9 Å². The van der Waals surface area contributed by atoms with Crippen molar-refractivity contribution in [2.75, 3.05) is 13.2 Å². The molecule has 0 saturated carbocycles. The van der Waals surface area contributed by atoms with Crippen LogP contribution in [0.3, 0.4) is 0 Å². The molecular weight excluding hydrogens is 263 g/mol. The summed E-state index contributed by atoms with van der Waals surface area (Å²) in [6.07, 6.45) is 2.78. The van der Waals surface area contributed by atoms with Gasteiger partial charge in [0.1, 0.15) is 5.52 Å². The van der Waals surface area contributed by atoms with Crippen LogP contribution < -0.4 is 0 Å². The Hall–Kier alpha value is -0.910. The summed E-state index contributed by atoms with van der Waals surface area (Å²) in [5, 5.41) is 0.438. The number of imidazole rings is 1. The number of hydrogen-bond donors (Lipinski definition) is 0. The highest BCUT2D eigenvalue weighted by molar-refractivity contribution is 6.35. The van der Waals surface area contributed by atoms with Crippen molar-refractivity contribution in [3.8, 4) is 0 Å². The first-order valence-electron chi connectivity index (χ1n) is 5.35. The highest BCUT2D eigenvalue weighted by Crippen LogP contribution is 2.22. The van der Waals surface area contributed by atoms with Gasteiger partial charge in [-0.1, -0.05) is 11.6 Å². The van der Waals surface area contributed by atoms with Crippen LogP contribution in [-0.2, 0) is 11.3 Å². The minimum atomic E-state index is 0.145. The van der Waals surface area contributed by atoms with Crippen molar-refractivity contribution in [2.24, 2.45) is 5.92 Å². The Morgan fingerprint density at radius 2 is 2.29 bits per heavy atom. The Balaban J connectivity index is 1.99. The average Bonchev–Trinajstić information content (AvgIpc) is 2.89. The lowest BCUT2D eigenvalue weighted by atomic mass is 10.1. The van der Waals surface area contributed by atoms with E-state index in [-0.39, 0.29) is 5.28 Å². The fourth-order valence-corrected chi connectivity index (χ4v) is 2.45. The van der Waals surface area contributed by atoms with Gasteiger partial charge in [0.25, 0.3) is 0 Å². The molecular formula is C10H10Cl2N4O. The zero-order chi connectivity index (χ0) is 11.8. The van der Waals surface area contributed by atoms with E-state index in [1.807, 2.05) is 4.57 Å². The van der Waals surface area contributed by atoms with Crippen LogP contribution in [0.5, 0.6) is 0 Å². The van der Waals surface area contributed by atoms with Gasteiger partial charge in [-0.2, -0.15) is 4.98 Å². The molecule has 0 radical (unpaired) electrons. The number of rotatable bonds is 2. The molecule has 90 valence electrons. The van der Waals surface area contributed by atoms with Crippen molar-refractivity contribution >= 4 is 34.4 Å². The number of halogens is 2. The Bertz CT molecular complexity index is 550. The standard InChI is InChI=1S/C10H10Cl2N4O/c11-8-7-9(15-10(12)14-8)16(5-13-7)3-6-1-2-17-4-6/h5-6H,1-4H2. The molecule has 1 aliphatic rings. The van der Waals surface area contributed by atoms with E-state index in [9.17, 15) is 0 Å². The summed E-state index contributed by atoms with van der Waals surface area (Å²) in [6.45, 7) is 2.43. The molecule has 1 atom stereocenters. The van der Waals surface area contributed by atoms with Gasteiger partial charge in [-0.05, 0) is 18.0 Å². The highest BCUT2D eigenvalue weighted by Gasteiger charge is 2.18. The van der Waals surface area contributed by atoms with Crippen LogP contribution in [0.1, 0.15) is 6.42 Å². The van der Waals surface area contributed by atoms with Gasteiger partial charge in [0, 0.05) is 19.1 Å². The highest BCUT2D eigenvalue weighted by atomic mass is 35.5. The molecule has 2 aromatic rings. The Labute approximate surface area is 108 Å². The minimum absolute atomic E-state index is 0.145. The first-order valence-corrected chi connectivity index (χ1v) is 6.11. The molecule has 0 spiro atoms. The van der Waals surface area contributed by atoms with Crippen LogP contribution in [0.15, 0.2) is 6.33 Å². The van der Waals surface area contributed by atoms with Crippen LogP contribution in [0.4, 0.5) is 0 Å². The van der Waals surface area contributed by atoms with E-state index >= 15 is 0 Å². The summed E-state index contributed by atoms with van der Waals surface area (Å²) in [6, 6.07) is 0. The molecule has 17 heavy (non-hydrogen) atoms. The van der Waals surface area contributed by atoms with Gasteiger partial charge in [-0.25, -0.2) is 9.97 Å². The molecule has 2 aromatic heterocycles. The van der Waals surface area contributed by atoms with Crippen molar-refractivity contribution < 1.29 is 4.74 Å². The molecule has 0 amide bonds. The fourth-order valence-electron chi connectivity index (χ4n) is 2.02. The molecule has 3 rings (SSSR count). The Morgan fingerprint density at radius 3 is 3.06 bits per heavy atom. The lowest BCUT2D eigenvalue weighted by Gasteiger charge is -2.08. The van der Waals surface area contributed by atoms with Crippen LogP contribution in [0, 0.1) is 5.92 Å². The molecule has 7 heteroatoms. The summed E-state index contributed by atoms with van der Waals surface area (Å²) in [5.74, 6) is 0.500. The molecule has 3 heterocycles. The number of nitrogens with zero attached hydrogens (tertiary/aromatic N) is 4. The molecule has 0 N–H and O–H groups in total. The molecule has 1 fully saturated rings. The maximum absolute atomic E-state index is 5.96. The number of fused-ring (bicyclic) bond motifs is 1. The topological polar surface area (TPSA) is 52.8 Å². The van der Waals surface area contributed by atoms with Crippen molar-refractivity contribution in [3.63, 3.8) is 0 Å². The second-order valence-electron chi connectivity index (χ2n) is 4.08. The predicted octanol–water partition coefficient (Wildman–Crippen LogP) is 2.17. The van der Waals surface area contributed by atoms with E-state index in [2.05, 4.69) is 15.0 Å². The van der Waals surface area contributed by atoms with Crippen molar-refractivity contribution in [2.45, 2.75) is 13.0 Å². The second-order valence-corrected chi connectivity index (χ2v) is 4.78. The molecule has 1 aliphatic heterocycles. The van der Waals surface area contributed by atoms with E-state index in [0.717, 1.165) is 26.2 Å². The number of aromatic nitrogens is 4. The van der Waals surface area contributed by atoms with E-state index in [0.29, 0.717) is 22.2 Å². The maximum atomic E-state index is 5.96. The fraction of sp³-hybridized carbons (Fsp3) is 0.500. The van der Waals surface area contributed by atoms with Crippen LogP contribution >= 0.6 is 23.2 Å². The molecule has 1 saturated heterocycles. The Kier molecular flexibility index (Phi) is 2.90. The second kappa shape index (κ2) is 4.40. The maximum Gasteiger partial charge on any atom is 0.225 e. The number of ether oxygens (including phenoxy) is 1.